The van der Waals surface area contributed by atoms with Crippen LogP contribution in [0.1, 0.15) is 28.4 Å². The van der Waals surface area contributed by atoms with Gasteiger partial charge < -0.3 is 16.8 Å². The Morgan fingerprint density at radius 1 is 1.19 bits per heavy atom. The number of carbonyl (C=O) groups excluding carboxylic acids is 1. The van der Waals surface area contributed by atoms with Crippen molar-refractivity contribution in [3.8, 4) is 11.3 Å². The molecule has 0 bridgehead atoms. The average molecular weight is 351 g/mol. The molecule has 26 heavy (non-hydrogen) atoms. The fourth-order valence-corrected chi connectivity index (χ4v) is 3.42. The van der Waals surface area contributed by atoms with E-state index in [-0.39, 0.29) is 11.9 Å². The molecule has 4 rings (SSSR count). The minimum Gasteiger partial charge on any atom is -0.398 e. The van der Waals surface area contributed by atoms with E-state index in [2.05, 4.69) is 10.4 Å². The van der Waals surface area contributed by atoms with Gasteiger partial charge in [0.05, 0.1) is 6.04 Å². The molecule has 6 nitrogen and oxygen atoms in total. The molecule has 0 saturated carbocycles. The predicted octanol–water partition coefficient (Wildman–Crippen LogP) is 2.78. The lowest BCUT2D eigenvalue weighted by Crippen LogP contribution is -2.26. The molecule has 1 aromatic heterocycles. The summed E-state index contributed by atoms with van der Waals surface area (Å²) in [7, 11) is 0. The molecule has 0 fully saturated rings. The fraction of sp³-hybridized carbons (Fsp3) is 0.158. The largest absolute Gasteiger partial charge is 0.398 e. The topological polar surface area (TPSA) is 99.0 Å². The van der Waals surface area contributed by atoms with Crippen molar-refractivity contribution in [3.63, 3.8) is 0 Å². The maximum Gasteiger partial charge on any atom is 0.254 e. The highest BCUT2D eigenvalue weighted by atomic mass is 19.1. The van der Waals surface area contributed by atoms with Gasteiger partial charge in [0.2, 0.25) is 0 Å². The number of carbonyl (C=O) groups is 1. The number of halogens is 1. The lowest BCUT2D eigenvalue weighted by Gasteiger charge is -2.27. The Balaban J connectivity index is 1.90. The third-order valence-electron chi connectivity index (χ3n) is 4.63. The van der Waals surface area contributed by atoms with Crippen molar-refractivity contribution in [3.05, 3.63) is 65.5 Å². The Bertz CT molecular complexity index is 980. The van der Waals surface area contributed by atoms with Crippen LogP contribution in [0.3, 0.4) is 0 Å². The summed E-state index contributed by atoms with van der Waals surface area (Å²) in [6.07, 6.45) is 0.768. The van der Waals surface area contributed by atoms with Gasteiger partial charge in [0.15, 0.2) is 0 Å². The molecule has 0 saturated heterocycles. The molecule has 1 atom stereocenters. The minimum atomic E-state index is -0.584. The Hall–Kier alpha value is -3.35. The van der Waals surface area contributed by atoms with E-state index in [1.165, 1.54) is 12.1 Å². The van der Waals surface area contributed by atoms with Crippen molar-refractivity contribution in [1.82, 2.24) is 9.78 Å². The second kappa shape index (κ2) is 6.18. The van der Waals surface area contributed by atoms with Crippen LogP contribution in [0.2, 0.25) is 0 Å². The summed E-state index contributed by atoms with van der Waals surface area (Å²) in [4.78, 5) is 12.1. The van der Waals surface area contributed by atoms with Crippen LogP contribution in [0.25, 0.3) is 11.3 Å². The van der Waals surface area contributed by atoms with E-state index in [9.17, 15) is 9.18 Å². The third-order valence-corrected chi connectivity index (χ3v) is 4.63. The molecular formula is C19H18FN5O. The van der Waals surface area contributed by atoms with Gasteiger partial charge in [-0.05, 0) is 42.3 Å². The number of fused-ring (bicyclic) bond motifs is 1. The van der Waals surface area contributed by atoms with Crippen LogP contribution in [0.4, 0.5) is 15.9 Å². The van der Waals surface area contributed by atoms with Crippen LogP contribution in [0.15, 0.2) is 48.5 Å². The lowest BCUT2D eigenvalue weighted by molar-refractivity contribution is 0.100. The Kier molecular flexibility index (Phi) is 3.84. The van der Waals surface area contributed by atoms with Crippen LogP contribution < -0.4 is 16.8 Å². The Morgan fingerprint density at radius 3 is 2.62 bits per heavy atom. The average Bonchev–Trinajstić information content (AvgIpc) is 3.02. The molecule has 1 amide bonds. The van der Waals surface area contributed by atoms with Crippen molar-refractivity contribution < 1.29 is 9.18 Å². The quantitative estimate of drug-likeness (QED) is 0.632. The number of nitrogen functional groups attached to an aromatic ring is 1. The second-order valence-electron chi connectivity index (χ2n) is 6.25. The number of benzene rings is 2. The SMILES string of the molecule is NC(=O)c1c(-c2ccc(F)cc2)nn2c1NCCC2c1ccccc1N. The van der Waals surface area contributed by atoms with Crippen molar-refractivity contribution in [2.24, 2.45) is 5.73 Å². The summed E-state index contributed by atoms with van der Waals surface area (Å²) in [5, 5.41) is 7.86. The highest BCUT2D eigenvalue weighted by molar-refractivity contribution is 6.03. The van der Waals surface area contributed by atoms with Crippen LogP contribution in [-0.2, 0) is 0 Å². The number of hydrogen-bond donors (Lipinski definition) is 3. The second-order valence-corrected chi connectivity index (χ2v) is 6.25. The van der Waals surface area contributed by atoms with Crippen LogP contribution in [0.5, 0.6) is 0 Å². The Morgan fingerprint density at radius 2 is 1.92 bits per heavy atom. The standard InChI is InChI=1S/C19H18FN5O/c20-12-7-5-11(6-8-12)17-16(18(22)26)19-23-10-9-15(25(19)24-17)13-3-1-2-4-14(13)21/h1-8,15,23H,9-10,21H2,(H2,22,26). The van der Waals surface area contributed by atoms with Gasteiger partial charge >= 0.3 is 0 Å². The van der Waals surface area contributed by atoms with Crippen molar-refractivity contribution >= 4 is 17.4 Å². The van der Waals surface area contributed by atoms with E-state index in [4.69, 9.17) is 11.5 Å². The van der Waals surface area contributed by atoms with Crippen molar-refractivity contribution in [2.45, 2.75) is 12.5 Å². The van der Waals surface area contributed by atoms with E-state index in [1.807, 2.05) is 24.3 Å². The first-order valence-corrected chi connectivity index (χ1v) is 8.33. The smallest absolute Gasteiger partial charge is 0.254 e. The van der Waals surface area contributed by atoms with E-state index in [0.29, 0.717) is 34.9 Å². The van der Waals surface area contributed by atoms with Gasteiger partial charge in [-0.2, -0.15) is 5.10 Å². The maximum absolute atomic E-state index is 13.3. The minimum absolute atomic E-state index is 0.111. The number of para-hydroxylation sites is 1. The van der Waals surface area contributed by atoms with E-state index >= 15 is 0 Å². The van der Waals surface area contributed by atoms with Gasteiger partial charge in [0, 0.05) is 17.8 Å². The summed E-state index contributed by atoms with van der Waals surface area (Å²) in [5.74, 6) is -0.373. The van der Waals surface area contributed by atoms with E-state index in [0.717, 1.165) is 12.0 Å². The zero-order valence-corrected chi connectivity index (χ0v) is 13.9. The number of primary amides is 1. The number of nitrogens with zero attached hydrogens (tertiary/aromatic N) is 2. The molecule has 1 aliphatic heterocycles. The molecule has 0 spiro atoms. The summed E-state index contributed by atoms with van der Waals surface area (Å²) in [5.41, 5.74) is 14.8. The molecule has 0 radical (unpaired) electrons. The fourth-order valence-electron chi connectivity index (χ4n) is 3.42. The number of anilines is 2. The molecule has 1 aliphatic rings. The van der Waals surface area contributed by atoms with Gasteiger partial charge in [-0.3, -0.25) is 4.79 Å². The number of amides is 1. The molecule has 1 unspecified atom stereocenters. The van der Waals surface area contributed by atoms with Crippen LogP contribution >= 0.6 is 0 Å². The monoisotopic (exact) mass is 351 g/mol. The number of hydrogen-bond acceptors (Lipinski definition) is 4. The summed E-state index contributed by atoms with van der Waals surface area (Å²) in [6, 6.07) is 13.3. The Labute approximate surface area is 149 Å². The molecule has 2 aromatic carbocycles. The first kappa shape index (κ1) is 16.1. The normalized spacial score (nSPS) is 16.0. The van der Waals surface area contributed by atoms with E-state index < -0.39 is 5.91 Å². The molecule has 132 valence electrons. The van der Waals surface area contributed by atoms with Crippen LogP contribution in [-0.4, -0.2) is 22.2 Å². The van der Waals surface area contributed by atoms with Gasteiger partial charge in [-0.15, -0.1) is 0 Å². The first-order chi connectivity index (χ1) is 12.6. The number of nitrogens with one attached hydrogen (secondary N) is 1. The molecule has 7 heteroatoms. The van der Waals surface area contributed by atoms with Gasteiger partial charge in [-0.25, -0.2) is 9.07 Å². The lowest BCUT2D eigenvalue weighted by atomic mass is 10.00. The first-order valence-electron chi connectivity index (χ1n) is 8.33. The summed E-state index contributed by atoms with van der Waals surface area (Å²) in [6.45, 7) is 0.661. The van der Waals surface area contributed by atoms with Gasteiger partial charge in [0.1, 0.15) is 22.9 Å². The highest BCUT2D eigenvalue weighted by Gasteiger charge is 2.31. The molecule has 2 heterocycles. The summed E-state index contributed by atoms with van der Waals surface area (Å²) >= 11 is 0. The molecular weight excluding hydrogens is 333 g/mol. The predicted molar refractivity (Wildman–Crippen MR) is 98.2 cm³/mol. The molecule has 5 N–H and O–H groups in total. The highest BCUT2D eigenvalue weighted by Crippen LogP contribution is 2.38. The number of nitrogens with two attached hydrogens (primary N) is 2. The maximum atomic E-state index is 13.3. The zero-order valence-electron chi connectivity index (χ0n) is 13.9. The number of rotatable bonds is 3. The zero-order chi connectivity index (χ0) is 18.3. The van der Waals surface area contributed by atoms with Gasteiger partial charge in [-0.1, -0.05) is 18.2 Å². The number of aromatic nitrogens is 2. The molecule has 3 aromatic rings. The van der Waals surface area contributed by atoms with Crippen LogP contribution in [0, 0.1) is 5.82 Å². The molecule has 0 aliphatic carbocycles. The third kappa shape index (κ3) is 2.57. The summed E-state index contributed by atoms with van der Waals surface area (Å²) < 4.78 is 15.0. The van der Waals surface area contributed by atoms with E-state index in [1.54, 1.807) is 16.8 Å². The van der Waals surface area contributed by atoms with Crippen molar-refractivity contribution in [2.75, 3.05) is 17.6 Å². The van der Waals surface area contributed by atoms with Crippen molar-refractivity contribution in [1.29, 1.82) is 0 Å². The van der Waals surface area contributed by atoms with Gasteiger partial charge in [0.25, 0.3) is 5.91 Å².